The third-order valence-corrected chi connectivity index (χ3v) is 4.27. The topological polar surface area (TPSA) is 64.6 Å². The van der Waals surface area contributed by atoms with Crippen molar-refractivity contribution in [2.45, 2.75) is 59.5 Å². The quantitative estimate of drug-likeness (QED) is 0.522. The Morgan fingerprint density at radius 3 is 2.46 bits per heavy atom. The lowest BCUT2D eigenvalue weighted by Gasteiger charge is -2.17. The van der Waals surface area contributed by atoms with Crippen molar-refractivity contribution in [2.24, 2.45) is 0 Å². The molecule has 150 valence electrons. The first-order valence-corrected chi connectivity index (χ1v) is 9.99. The normalized spacial score (nSPS) is 12.2. The number of amides is 1. The molecule has 0 saturated heterocycles. The number of hydrogen-bond donors (Lipinski definition) is 1. The fourth-order valence-corrected chi connectivity index (χ4v) is 2.76. The highest BCUT2D eigenvalue weighted by atomic mass is 16.5. The third-order valence-electron chi connectivity index (χ3n) is 4.27. The van der Waals surface area contributed by atoms with Crippen molar-refractivity contribution < 1.29 is 19.1 Å². The van der Waals surface area contributed by atoms with E-state index in [2.05, 4.69) is 5.32 Å². The Morgan fingerprint density at radius 2 is 1.75 bits per heavy atom. The van der Waals surface area contributed by atoms with Crippen LogP contribution >= 0.6 is 0 Å². The second kappa shape index (κ2) is 11.1. The molecule has 0 saturated carbocycles. The van der Waals surface area contributed by atoms with Crippen LogP contribution in [-0.2, 0) is 22.6 Å². The first-order valence-electron chi connectivity index (χ1n) is 9.99. The molecule has 2 aromatic rings. The van der Waals surface area contributed by atoms with Crippen molar-refractivity contribution in [3.05, 3.63) is 53.6 Å². The maximum atomic E-state index is 11.6. The highest BCUT2D eigenvalue weighted by molar-refractivity contribution is 5.94. The first-order chi connectivity index (χ1) is 13.6. The minimum absolute atomic E-state index is 0.0405. The van der Waals surface area contributed by atoms with Crippen LogP contribution in [0.2, 0.25) is 0 Å². The van der Waals surface area contributed by atoms with E-state index in [1.54, 1.807) is 12.1 Å². The number of ether oxygens (including phenoxy) is 2. The lowest BCUT2D eigenvalue weighted by molar-refractivity contribution is -0.134. The van der Waals surface area contributed by atoms with Crippen LogP contribution in [0.25, 0.3) is 0 Å². The molecule has 1 aliphatic heterocycles. The number of carbonyl (C=O) groups excluding carboxylic acids is 2. The summed E-state index contributed by atoms with van der Waals surface area (Å²) in [5, 5.41) is 2.87. The molecule has 0 unspecified atom stereocenters. The Morgan fingerprint density at radius 1 is 1.04 bits per heavy atom. The van der Waals surface area contributed by atoms with Gasteiger partial charge in [-0.3, -0.25) is 9.59 Å². The molecule has 1 amide bonds. The average molecular weight is 383 g/mol. The molecule has 0 aliphatic carbocycles. The summed E-state index contributed by atoms with van der Waals surface area (Å²) in [5.74, 6) is 1.10. The molecule has 3 rings (SSSR count). The molecule has 0 aromatic heterocycles. The molecule has 1 N–H and O–H groups in total. The largest absolute Gasteiger partial charge is 0.489 e. The van der Waals surface area contributed by atoms with Crippen molar-refractivity contribution in [1.82, 2.24) is 0 Å². The number of unbranched alkanes of at least 4 members (excludes halogenated alkanes) is 1. The number of hydrogen-bond acceptors (Lipinski definition) is 4. The number of rotatable bonds is 7. The molecule has 0 bridgehead atoms. The number of carbonyl (C=O) groups is 2. The standard InChI is InChI=1S/C21H23NO4.C2H6/c1-2-3-4-21(24)26-17-9-5-15(6-10-17)14-25-18-11-7-16-8-12-20(23)22-19(16)13-18;1-2/h5-7,9-11,13H,2-4,8,12,14H2,1H3,(H,22,23);1-2H3. The van der Waals surface area contributed by atoms with E-state index in [0.717, 1.165) is 36.1 Å². The monoisotopic (exact) mass is 383 g/mol. The summed E-state index contributed by atoms with van der Waals surface area (Å²) in [5.41, 5.74) is 2.93. The summed E-state index contributed by atoms with van der Waals surface area (Å²) in [7, 11) is 0. The van der Waals surface area contributed by atoms with Gasteiger partial charge in [-0.15, -0.1) is 0 Å². The molecular weight excluding hydrogens is 354 g/mol. The van der Waals surface area contributed by atoms with Gasteiger partial charge in [0.1, 0.15) is 18.1 Å². The molecular formula is C23H29NO4. The Bertz CT molecular complexity index is 784. The minimum atomic E-state index is -0.202. The molecule has 0 spiro atoms. The molecule has 0 atom stereocenters. The Labute approximate surface area is 167 Å². The van der Waals surface area contributed by atoms with Crippen LogP contribution in [0, 0.1) is 0 Å². The SMILES string of the molecule is CC.CCCCC(=O)Oc1ccc(COc2ccc3c(c2)NC(=O)CC3)cc1. The van der Waals surface area contributed by atoms with Crippen molar-refractivity contribution in [1.29, 1.82) is 0 Å². The third kappa shape index (κ3) is 6.41. The number of nitrogens with one attached hydrogen (secondary N) is 1. The van der Waals surface area contributed by atoms with E-state index in [1.807, 2.05) is 51.1 Å². The molecule has 28 heavy (non-hydrogen) atoms. The zero-order valence-corrected chi connectivity index (χ0v) is 16.9. The Kier molecular flexibility index (Phi) is 8.53. The first kappa shape index (κ1) is 21.5. The number of benzene rings is 2. The second-order valence-electron chi connectivity index (χ2n) is 6.38. The van der Waals surface area contributed by atoms with Gasteiger partial charge in [0.25, 0.3) is 0 Å². The average Bonchev–Trinajstić information content (AvgIpc) is 2.73. The van der Waals surface area contributed by atoms with Gasteiger partial charge >= 0.3 is 5.97 Å². The van der Waals surface area contributed by atoms with Crippen molar-refractivity contribution in [3.63, 3.8) is 0 Å². The molecule has 2 aromatic carbocycles. The van der Waals surface area contributed by atoms with Gasteiger partial charge in [-0.1, -0.05) is 45.4 Å². The van der Waals surface area contributed by atoms with Crippen molar-refractivity contribution >= 4 is 17.6 Å². The van der Waals surface area contributed by atoms with Crippen molar-refractivity contribution in [2.75, 3.05) is 5.32 Å². The molecule has 0 radical (unpaired) electrons. The van der Waals surface area contributed by atoms with Gasteiger partial charge in [-0.05, 0) is 42.2 Å². The number of aryl methyl sites for hydroxylation is 1. The summed E-state index contributed by atoms with van der Waals surface area (Å²) in [6.07, 6.45) is 3.54. The molecule has 5 nitrogen and oxygen atoms in total. The van der Waals surface area contributed by atoms with E-state index >= 15 is 0 Å². The predicted molar refractivity (Wildman–Crippen MR) is 111 cm³/mol. The number of anilines is 1. The maximum Gasteiger partial charge on any atom is 0.311 e. The maximum absolute atomic E-state index is 11.6. The Hall–Kier alpha value is -2.82. The van der Waals surface area contributed by atoms with E-state index in [-0.39, 0.29) is 11.9 Å². The molecule has 1 heterocycles. The molecule has 5 heteroatoms. The fraction of sp³-hybridized carbons (Fsp3) is 0.391. The highest BCUT2D eigenvalue weighted by Gasteiger charge is 2.15. The van der Waals surface area contributed by atoms with E-state index in [9.17, 15) is 9.59 Å². The zero-order chi connectivity index (χ0) is 20.4. The van der Waals surface area contributed by atoms with Crippen LogP contribution in [0.3, 0.4) is 0 Å². The predicted octanol–water partition coefficient (Wildman–Crippen LogP) is 5.27. The van der Waals surface area contributed by atoms with Crippen LogP contribution < -0.4 is 14.8 Å². The van der Waals surface area contributed by atoms with Crippen LogP contribution in [0.1, 0.15) is 57.6 Å². The zero-order valence-electron chi connectivity index (χ0n) is 16.9. The highest BCUT2D eigenvalue weighted by Crippen LogP contribution is 2.27. The van der Waals surface area contributed by atoms with Gasteiger partial charge in [0.05, 0.1) is 0 Å². The van der Waals surface area contributed by atoms with Crippen LogP contribution in [0.15, 0.2) is 42.5 Å². The number of fused-ring (bicyclic) bond motifs is 1. The van der Waals surface area contributed by atoms with Crippen LogP contribution in [0.5, 0.6) is 11.5 Å². The van der Waals surface area contributed by atoms with Crippen molar-refractivity contribution in [3.8, 4) is 11.5 Å². The lowest BCUT2D eigenvalue weighted by Crippen LogP contribution is -2.18. The minimum Gasteiger partial charge on any atom is -0.489 e. The molecule has 1 aliphatic rings. The van der Waals surface area contributed by atoms with Gasteiger partial charge in [-0.25, -0.2) is 0 Å². The van der Waals surface area contributed by atoms with Crippen LogP contribution in [0.4, 0.5) is 5.69 Å². The van der Waals surface area contributed by atoms with E-state index in [0.29, 0.717) is 30.9 Å². The summed E-state index contributed by atoms with van der Waals surface area (Å²) in [4.78, 5) is 23.1. The molecule has 0 fully saturated rings. The summed E-state index contributed by atoms with van der Waals surface area (Å²) in [6.45, 7) is 6.44. The summed E-state index contributed by atoms with van der Waals surface area (Å²) in [6, 6.07) is 13.1. The van der Waals surface area contributed by atoms with Gasteiger partial charge in [-0.2, -0.15) is 0 Å². The second-order valence-corrected chi connectivity index (χ2v) is 6.38. The van der Waals surface area contributed by atoms with Crippen LogP contribution in [-0.4, -0.2) is 11.9 Å². The van der Waals surface area contributed by atoms with E-state index < -0.39 is 0 Å². The van der Waals surface area contributed by atoms with Gasteiger partial charge in [0.15, 0.2) is 0 Å². The van der Waals surface area contributed by atoms with Gasteiger partial charge in [0.2, 0.25) is 5.91 Å². The van der Waals surface area contributed by atoms with E-state index in [4.69, 9.17) is 9.47 Å². The smallest absolute Gasteiger partial charge is 0.311 e. The van der Waals surface area contributed by atoms with Gasteiger partial charge < -0.3 is 14.8 Å². The summed E-state index contributed by atoms with van der Waals surface area (Å²) < 4.78 is 11.1. The van der Waals surface area contributed by atoms with Gasteiger partial charge in [0, 0.05) is 24.6 Å². The summed E-state index contributed by atoms with van der Waals surface area (Å²) >= 11 is 0. The fourth-order valence-electron chi connectivity index (χ4n) is 2.76. The Balaban J connectivity index is 0.00000136. The lowest BCUT2D eigenvalue weighted by atomic mass is 10.0. The number of esters is 1. The van der Waals surface area contributed by atoms with E-state index in [1.165, 1.54) is 0 Å².